The van der Waals surface area contributed by atoms with Crippen molar-refractivity contribution in [3.05, 3.63) is 24.0 Å². The molecule has 1 aromatic rings. The molecule has 66 valence electrons. The average molecular weight is 164 g/mol. The second-order valence-corrected chi connectivity index (χ2v) is 3.62. The Kier molecular flexibility index (Phi) is 2.47. The molecule has 0 saturated heterocycles. The minimum absolute atomic E-state index is 0.958. The molecule has 0 spiro atoms. The summed E-state index contributed by atoms with van der Waals surface area (Å²) in [4.78, 5) is 3.18. The molecule has 1 aliphatic rings. The first kappa shape index (κ1) is 7.87. The van der Waals surface area contributed by atoms with Gasteiger partial charge in [0.05, 0.1) is 0 Å². The van der Waals surface area contributed by atoms with E-state index in [-0.39, 0.29) is 0 Å². The molecule has 1 fully saturated rings. The van der Waals surface area contributed by atoms with Crippen molar-refractivity contribution < 1.29 is 0 Å². The normalized spacial score (nSPS) is 17.7. The molecular formula is C10H16N2. The van der Waals surface area contributed by atoms with Gasteiger partial charge in [-0.2, -0.15) is 0 Å². The Balaban J connectivity index is 1.62. The van der Waals surface area contributed by atoms with Gasteiger partial charge in [0.15, 0.2) is 0 Å². The number of rotatable bonds is 4. The van der Waals surface area contributed by atoms with Crippen LogP contribution >= 0.6 is 0 Å². The van der Waals surface area contributed by atoms with Crippen LogP contribution in [0.4, 0.5) is 0 Å². The lowest BCUT2D eigenvalue weighted by molar-refractivity contribution is 0.301. The van der Waals surface area contributed by atoms with E-state index in [1.54, 1.807) is 0 Å². The molecule has 2 nitrogen and oxygen atoms in total. The quantitative estimate of drug-likeness (QED) is 0.699. The molecule has 1 saturated carbocycles. The van der Waals surface area contributed by atoms with Crippen LogP contribution in [-0.2, 0) is 6.54 Å². The summed E-state index contributed by atoms with van der Waals surface area (Å²) in [5.41, 5.74) is 1.29. The van der Waals surface area contributed by atoms with E-state index in [1.165, 1.54) is 31.5 Å². The summed E-state index contributed by atoms with van der Waals surface area (Å²) in [6.07, 6.45) is 6.27. The van der Waals surface area contributed by atoms with Gasteiger partial charge >= 0.3 is 0 Å². The van der Waals surface area contributed by atoms with Crippen LogP contribution in [0.15, 0.2) is 18.3 Å². The van der Waals surface area contributed by atoms with Crippen molar-refractivity contribution in [2.24, 2.45) is 5.92 Å². The summed E-state index contributed by atoms with van der Waals surface area (Å²) in [5, 5.41) is 3.46. The molecule has 2 heteroatoms. The summed E-state index contributed by atoms with van der Waals surface area (Å²) >= 11 is 0. The third-order valence-electron chi connectivity index (χ3n) is 2.64. The van der Waals surface area contributed by atoms with Gasteiger partial charge in [-0.05, 0) is 37.4 Å². The standard InChI is InChI=1S/C10H16N2/c1-3-9(4-1)7-11-8-10-5-2-6-12-10/h2,5-6,9,11-12H,1,3-4,7-8H2. The van der Waals surface area contributed by atoms with Gasteiger partial charge in [-0.25, -0.2) is 0 Å². The zero-order valence-electron chi connectivity index (χ0n) is 7.34. The number of aromatic nitrogens is 1. The predicted octanol–water partition coefficient (Wildman–Crippen LogP) is 1.90. The van der Waals surface area contributed by atoms with Gasteiger partial charge in [0, 0.05) is 18.4 Å². The van der Waals surface area contributed by atoms with Crippen LogP contribution in [0.1, 0.15) is 25.0 Å². The van der Waals surface area contributed by atoms with E-state index < -0.39 is 0 Å². The molecule has 0 amide bonds. The Morgan fingerprint density at radius 1 is 1.50 bits per heavy atom. The van der Waals surface area contributed by atoms with Crippen LogP contribution in [0.5, 0.6) is 0 Å². The topological polar surface area (TPSA) is 27.8 Å². The fourth-order valence-electron chi connectivity index (χ4n) is 1.59. The number of hydrogen-bond donors (Lipinski definition) is 2. The predicted molar refractivity (Wildman–Crippen MR) is 49.8 cm³/mol. The maximum atomic E-state index is 3.46. The fourth-order valence-corrected chi connectivity index (χ4v) is 1.59. The molecule has 0 aromatic carbocycles. The Hall–Kier alpha value is -0.760. The molecule has 1 aromatic heterocycles. The van der Waals surface area contributed by atoms with Crippen molar-refractivity contribution >= 4 is 0 Å². The highest BCUT2D eigenvalue weighted by molar-refractivity contribution is 5.02. The van der Waals surface area contributed by atoms with Crippen molar-refractivity contribution in [1.29, 1.82) is 0 Å². The van der Waals surface area contributed by atoms with Crippen molar-refractivity contribution in [3.63, 3.8) is 0 Å². The zero-order chi connectivity index (χ0) is 8.23. The van der Waals surface area contributed by atoms with E-state index >= 15 is 0 Å². The Morgan fingerprint density at radius 2 is 2.42 bits per heavy atom. The summed E-state index contributed by atoms with van der Waals surface area (Å²) in [6, 6.07) is 4.16. The first-order chi connectivity index (χ1) is 5.95. The van der Waals surface area contributed by atoms with Gasteiger partial charge < -0.3 is 10.3 Å². The van der Waals surface area contributed by atoms with Gasteiger partial charge in [-0.15, -0.1) is 0 Å². The van der Waals surface area contributed by atoms with Crippen LogP contribution in [0.25, 0.3) is 0 Å². The molecule has 0 aliphatic heterocycles. The molecule has 0 bridgehead atoms. The van der Waals surface area contributed by atoms with Crippen molar-refractivity contribution in [2.75, 3.05) is 6.54 Å². The van der Waals surface area contributed by atoms with E-state index in [0.29, 0.717) is 0 Å². The summed E-state index contributed by atoms with van der Waals surface area (Å²) in [7, 11) is 0. The van der Waals surface area contributed by atoms with Crippen molar-refractivity contribution in [2.45, 2.75) is 25.8 Å². The molecule has 2 N–H and O–H groups in total. The highest BCUT2D eigenvalue weighted by Gasteiger charge is 2.16. The zero-order valence-corrected chi connectivity index (χ0v) is 7.34. The second-order valence-electron chi connectivity index (χ2n) is 3.62. The molecule has 1 heterocycles. The number of aromatic amines is 1. The largest absolute Gasteiger partial charge is 0.364 e. The summed E-state index contributed by atoms with van der Waals surface area (Å²) in [5.74, 6) is 0.958. The van der Waals surface area contributed by atoms with Crippen LogP contribution in [0, 0.1) is 5.92 Å². The number of nitrogens with one attached hydrogen (secondary N) is 2. The average Bonchev–Trinajstić information content (AvgIpc) is 2.46. The van der Waals surface area contributed by atoms with Gasteiger partial charge in [-0.1, -0.05) is 6.42 Å². The van der Waals surface area contributed by atoms with Crippen LogP contribution < -0.4 is 5.32 Å². The van der Waals surface area contributed by atoms with Gasteiger partial charge in [-0.3, -0.25) is 0 Å². The van der Waals surface area contributed by atoms with E-state index in [4.69, 9.17) is 0 Å². The van der Waals surface area contributed by atoms with Gasteiger partial charge in [0.25, 0.3) is 0 Å². The number of hydrogen-bond acceptors (Lipinski definition) is 1. The molecule has 0 unspecified atom stereocenters. The first-order valence-corrected chi connectivity index (χ1v) is 4.78. The minimum Gasteiger partial charge on any atom is -0.364 e. The Labute approximate surface area is 73.4 Å². The van der Waals surface area contributed by atoms with Crippen molar-refractivity contribution in [3.8, 4) is 0 Å². The van der Waals surface area contributed by atoms with E-state index in [1.807, 2.05) is 12.3 Å². The van der Waals surface area contributed by atoms with Crippen molar-refractivity contribution in [1.82, 2.24) is 10.3 Å². The monoisotopic (exact) mass is 164 g/mol. The smallest absolute Gasteiger partial charge is 0.0357 e. The molecule has 0 atom stereocenters. The van der Waals surface area contributed by atoms with Crippen LogP contribution in [0.2, 0.25) is 0 Å². The fraction of sp³-hybridized carbons (Fsp3) is 0.600. The number of H-pyrrole nitrogens is 1. The Morgan fingerprint density at radius 3 is 3.00 bits per heavy atom. The van der Waals surface area contributed by atoms with Gasteiger partial charge in [0.2, 0.25) is 0 Å². The van der Waals surface area contributed by atoms with E-state index in [9.17, 15) is 0 Å². The minimum atomic E-state index is 0.958. The van der Waals surface area contributed by atoms with Gasteiger partial charge in [0.1, 0.15) is 0 Å². The third-order valence-corrected chi connectivity index (χ3v) is 2.64. The lowest BCUT2D eigenvalue weighted by atomic mass is 9.85. The second kappa shape index (κ2) is 3.76. The van der Waals surface area contributed by atoms with Crippen LogP contribution in [-0.4, -0.2) is 11.5 Å². The summed E-state index contributed by atoms with van der Waals surface area (Å²) < 4.78 is 0. The SMILES string of the molecule is c1c[nH]c(CNCC2CCC2)c1. The summed E-state index contributed by atoms with van der Waals surface area (Å²) in [6.45, 7) is 2.18. The Bertz CT molecular complexity index is 212. The third kappa shape index (κ3) is 1.89. The molecule has 0 radical (unpaired) electrons. The van der Waals surface area contributed by atoms with E-state index in [0.717, 1.165) is 12.5 Å². The molecule has 1 aliphatic carbocycles. The molecule has 12 heavy (non-hydrogen) atoms. The van der Waals surface area contributed by atoms with E-state index in [2.05, 4.69) is 16.4 Å². The lowest BCUT2D eigenvalue weighted by Crippen LogP contribution is -2.26. The van der Waals surface area contributed by atoms with Crippen LogP contribution in [0.3, 0.4) is 0 Å². The first-order valence-electron chi connectivity index (χ1n) is 4.78. The maximum absolute atomic E-state index is 3.46. The lowest BCUT2D eigenvalue weighted by Gasteiger charge is -2.25. The highest BCUT2D eigenvalue weighted by Crippen LogP contribution is 2.25. The highest BCUT2D eigenvalue weighted by atomic mass is 14.9. The molecule has 2 rings (SSSR count). The maximum Gasteiger partial charge on any atom is 0.0357 e. The molecular weight excluding hydrogens is 148 g/mol.